The summed E-state index contributed by atoms with van der Waals surface area (Å²) in [6.07, 6.45) is 0.574. The van der Waals surface area contributed by atoms with Crippen molar-refractivity contribution in [3.8, 4) is 0 Å². The number of hydrogen-bond donors (Lipinski definition) is 0. The van der Waals surface area contributed by atoms with Gasteiger partial charge in [0.05, 0.1) is 10.6 Å². The van der Waals surface area contributed by atoms with Crippen LogP contribution in [0.1, 0.15) is 15.9 Å². The van der Waals surface area contributed by atoms with E-state index in [0.717, 1.165) is 18.7 Å². The first kappa shape index (κ1) is 21.8. The molecule has 2 heterocycles. The fourth-order valence-corrected chi connectivity index (χ4v) is 6.11. The first-order valence-corrected chi connectivity index (χ1v) is 12.8. The van der Waals surface area contributed by atoms with E-state index in [-0.39, 0.29) is 10.8 Å². The first-order chi connectivity index (χ1) is 15.9. The molecule has 170 valence electrons. The molecule has 5 rings (SSSR count). The molecular weight excluding hydrogens is 458 g/mol. The van der Waals surface area contributed by atoms with Crippen LogP contribution in [-0.4, -0.2) is 51.9 Å². The van der Waals surface area contributed by atoms with Crippen LogP contribution in [0.15, 0.2) is 77.7 Å². The molecule has 2 aliphatic heterocycles. The van der Waals surface area contributed by atoms with Crippen molar-refractivity contribution < 1.29 is 13.2 Å². The number of anilines is 2. The Morgan fingerprint density at radius 2 is 1.52 bits per heavy atom. The number of para-hydroxylation sites is 1. The molecule has 0 aliphatic carbocycles. The van der Waals surface area contributed by atoms with Gasteiger partial charge in [-0.25, -0.2) is 8.42 Å². The van der Waals surface area contributed by atoms with Crippen LogP contribution in [0.2, 0.25) is 5.02 Å². The zero-order valence-corrected chi connectivity index (χ0v) is 19.6. The summed E-state index contributed by atoms with van der Waals surface area (Å²) in [5.41, 5.74) is 3.29. The van der Waals surface area contributed by atoms with Gasteiger partial charge in [-0.1, -0.05) is 29.8 Å². The smallest absolute Gasteiger partial charge is 0.264 e. The van der Waals surface area contributed by atoms with Gasteiger partial charge in [-0.05, 0) is 66.6 Å². The summed E-state index contributed by atoms with van der Waals surface area (Å²) in [4.78, 5) is 17.5. The van der Waals surface area contributed by atoms with Crippen LogP contribution in [-0.2, 0) is 16.4 Å². The highest BCUT2D eigenvalue weighted by molar-refractivity contribution is 7.92. The predicted molar refractivity (Wildman–Crippen MR) is 131 cm³/mol. The van der Waals surface area contributed by atoms with Gasteiger partial charge in [0.15, 0.2) is 0 Å². The van der Waals surface area contributed by atoms with Crippen molar-refractivity contribution >= 4 is 38.9 Å². The topological polar surface area (TPSA) is 60.9 Å². The third-order valence-corrected chi connectivity index (χ3v) is 8.35. The minimum absolute atomic E-state index is 0.00970. The molecule has 3 aromatic carbocycles. The summed E-state index contributed by atoms with van der Waals surface area (Å²) in [6.45, 7) is 3.24. The predicted octanol–water partition coefficient (Wildman–Crippen LogP) is 4.05. The van der Waals surface area contributed by atoms with Crippen LogP contribution >= 0.6 is 11.6 Å². The van der Waals surface area contributed by atoms with Gasteiger partial charge in [0.25, 0.3) is 15.9 Å². The molecule has 0 radical (unpaired) electrons. The average Bonchev–Trinajstić information content (AvgIpc) is 3.29. The van der Waals surface area contributed by atoms with Crippen molar-refractivity contribution in [3.63, 3.8) is 0 Å². The molecule has 1 amide bonds. The van der Waals surface area contributed by atoms with Crippen molar-refractivity contribution in [1.29, 1.82) is 0 Å². The summed E-state index contributed by atoms with van der Waals surface area (Å²) in [5.74, 6) is -0.00970. The van der Waals surface area contributed by atoms with Crippen LogP contribution in [0.3, 0.4) is 0 Å². The van der Waals surface area contributed by atoms with Gasteiger partial charge in [-0.2, -0.15) is 0 Å². The third kappa shape index (κ3) is 4.18. The number of carbonyl (C=O) groups excluding carboxylic acids is 1. The molecule has 1 saturated heterocycles. The zero-order valence-electron chi connectivity index (χ0n) is 18.0. The maximum absolute atomic E-state index is 13.1. The van der Waals surface area contributed by atoms with Crippen molar-refractivity contribution in [1.82, 2.24) is 4.90 Å². The molecular formula is C25H24ClN3O3S. The number of amides is 1. The standard InChI is InChI=1S/C25H24ClN3O3S/c26-21-7-9-23(10-8-21)33(31,32)29-13-12-19-18-20(6-11-24(19)29)25(30)28-16-14-27(15-17-28)22-4-2-1-3-5-22/h1-11,18H,12-17H2. The number of sulfonamides is 1. The molecule has 0 bridgehead atoms. The Labute approximate surface area is 199 Å². The lowest BCUT2D eigenvalue weighted by Gasteiger charge is -2.36. The van der Waals surface area contributed by atoms with Gasteiger partial charge in [-0.15, -0.1) is 0 Å². The SMILES string of the molecule is O=C(c1ccc2c(c1)CCN2S(=O)(=O)c1ccc(Cl)cc1)N1CCN(c2ccccc2)CC1. The number of benzene rings is 3. The highest BCUT2D eigenvalue weighted by atomic mass is 35.5. The van der Waals surface area contributed by atoms with Crippen molar-refractivity contribution in [2.45, 2.75) is 11.3 Å². The van der Waals surface area contributed by atoms with Crippen LogP contribution in [0.25, 0.3) is 0 Å². The van der Waals surface area contributed by atoms with Gasteiger partial charge in [-0.3, -0.25) is 9.10 Å². The van der Waals surface area contributed by atoms with E-state index in [2.05, 4.69) is 17.0 Å². The molecule has 1 fully saturated rings. The number of carbonyl (C=O) groups is 1. The molecule has 0 spiro atoms. The first-order valence-electron chi connectivity index (χ1n) is 10.9. The normalized spacial score (nSPS) is 16.1. The monoisotopic (exact) mass is 481 g/mol. The lowest BCUT2D eigenvalue weighted by Crippen LogP contribution is -2.48. The minimum atomic E-state index is -3.68. The van der Waals surface area contributed by atoms with E-state index >= 15 is 0 Å². The Morgan fingerprint density at radius 3 is 2.21 bits per heavy atom. The maximum Gasteiger partial charge on any atom is 0.264 e. The largest absolute Gasteiger partial charge is 0.368 e. The molecule has 8 heteroatoms. The van der Waals surface area contributed by atoms with E-state index in [1.54, 1.807) is 24.3 Å². The Bertz CT molecular complexity index is 1270. The second-order valence-electron chi connectivity index (χ2n) is 8.24. The van der Waals surface area contributed by atoms with Crippen LogP contribution in [0.5, 0.6) is 0 Å². The van der Waals surface area contributed by atoms with Crippen LogP contribution in [0, 0.1) is 0 Å². The molecule has 0 unspecified atom stereocenters. The average molecular weight is 482 g/mol. The highest BCUT2D eigenvalue weighted by Gasteiger charge is 2.32. The third-order valence-electron chi connectivity index (χ3n) is 6.27. The van der Waals surface area contributed by atoms with Gasteiger partial charge in [0.1, 0.15) is 0 Å². The lowest BCUT2D eigenvalue weighted by molar-refractivity contribution is 0.0746. The van der Waals surface area contributed by atoms with Crippen LogP contribution < -0.4 is 9.21 Å². The van der Waals surface area contributed by atoms with Gasteiger partial charge < -0.3 is 9.80 Å². The minimum Gasteiger partial charge on any atom is -0.368 e. The van der Waals surface area contributed by atoms with E-state index in [1.165, 1.54) is 22.1 Å². The Morgan fingerprint density at radius 1 is 0.818 bits per heavy atom. The molecule has 0 aromatic heterocycles. The Hall–Kier alpha value is -3.03. The number of halogens is 1. The number of nitrogens with zero attached hydrogens (tertiary/aromatic N) is 3. The molecule has 6 nitrogen and oxygen atoms in total. The Balaban J connectivity index is 1.30. The summed E-state index contributed by atoms with van der Waals surface area (Å²) in [7, 11) is -3.68. The van der Waals surface area contributed by atoms with Crippen molar-refractivity contribution in [2.75, 3.05) is 41.9 Å². The Kier molecular flexibility index (Phi) is 5.76. The van der Waals surface area contributed by atoms with E-state index in [9.17, 15) is 13.2 Å². The summed E-state index contributed by atoms with van der Waals surface area (Å²) in [5, 5.41) is 0.489. The van der Waals surface area contributed by atoms with Gasteiger partial charge >= 0.3 is 0 Å². The van der Waals surface area contributed by atoms with Crippen LogP contribution in [0.4, 0.5) is 11.4 Å². The number of hydrogen-bond acceptors (Lipinski definition) is 4. The summed E-state index contributed by atoms with van der Waals surface area (Å²) >= 11 is 5.91. The lowest BCUT2D eigenvalue weighted by atomic mass is 10.1. The molecule has 0 N–H and O–H groups in total. The summed E-state index contributed by atoms with van der Waals surface area (Å²) in [6, 6.07) is 21.7. The number of fused-ring (bicyclic) bond motifs is 1. The highest BCUT2D eigenvalue weighted by Crippen LogP contribution is 2.34. The van der Waals surface area contributed by atoms with E-state index in [4.69, 9.17) is 11.6 Å². The fraction of sp³-hybridized carbons (Fsp3) is 0.240. The maximum atomic E-state index is 13.1. The second kappa shape index (κ2) is 8.72. The zero-order chi connectivity index (χ0) is 23.0. The van der Waals surface area contributed by atoms with E-state index < -0.39 is 10.0 Å². The molecule has 0 saturated carbocycles. The van der Waals surface area contributed by atoms with E-state index in [1.807, 2.05) is 29.2 Å². The fourth-order valence-electron chi connectivity index (χ4n) is 4.48. The summed E-state index contributed by atoms with van der Waals surface area (Å²) < 4.78 is 27.7. The number of rotatable bonds is 4. The van der Waals surface area contributed by atoms with Crippen molar-refractivity contribution in [2.24, 2.45) is 0 Å². The van der Waals surface area contributed by atoms with Crippen molar-refractivity contribution in [3.05, 3.63) is 88.9 Å². The second-order valence-corrected chi connectivity index (χ2v) is 10.5. The number of piperazine rings is 1. The van der Waals surface area contributed by atoms with E-state index in [0.29, 0.717) is 42.3 Å². The quantitative estimate of drug-likeness (QED) is 0.564. The molecule has 33 heavy (non-hydrogen) atoms. The molecule has 0 atom stereocenters. The molecule has 3 aromatic rings. The molecule has 2 aliphatic rings. The van der Waals surface area contributed by atoms with Gasteiger partial charge in [0, 0.05) is 49.0 Å². The van der Waals surface area contributed by atoms with Gasteiger partial charge in [0.2, 0.25) is 0 Å².